The zero-order valence-electron chi connectivity index (χ0n) is 28.3. The summed E-state index contributed by atoms with van der Waals surface area (Å²) in [5, 5.41) is 124. The van der Waals surface area contributed by atoms with E-state index in [4.69, 9.17) is 28.4 Å². The summed E-state index contributed by atoms with van der Waals surface area (Å²) >= 11 is 0. The minimum absolute atomic E-state index is 0.0258. The number of aromatic hydroxyl groups is 5. The normalized spacial score (nSPS) is 30.5. The lowest BCUT2D eigenvalue weighted by Gasteiger charge is -2.41. The lowest BCUT2D eigenvalue weighted by atomic mass is 9.98. The molecule has 12 N–H and O–H groups in total. The molecule has 0 saturated carbocycles. The fourth-order valence-corrected chi connectivity index (χ4v) is 5.97. The van der Waals surface area contributed by atoms with Crippen LogP contribution < -0.4 is 9.47 Å². The molecule has 0 aromatic heterocycles. The highest BCUT2D eigenvalue weighted by Crippen LogP contribution is 2.47. The maximum absolute atomic E-state index is 12.4. The number of fused-ring (bicyclic) bond motifs is 1. The fraction of sp³-hybridized carbons (Fsp3) is 0.361. The largest absolute Gasteiger partial charge is 0.508 e. The van der Waals surface area contributed by atoms with Gasteiger partial charge in [-0.1, -0.05) is 12.1 Å². The third-order valence-corrected chi connectivity index (χ3v) is 8.98. The Balaban J connectivity index is 1.28. The van der Waals surface area contributed by atoms with Gasteiger partial charge in [-0.25, -0.2) is 4.79 Å². The van der Waals surface area contributed by atoms with Gasteiger partial charge in [0.05, 0.1) is 12.2 Å². The molecule has 6 rings (SSSR count). The van der Waals surface area contributed by atoms with Crippen LogP contribution in [0.2, 0.25) is 0 Å². The van der Waals surface area contributed by atoms with Gasteiger partial charge in [-0.05, 0) is 42.0 Å². The van der Waals surface area contributed by atoms with E-state index in [0.717, 1.165) is 30.3 Å². The summed E-state index contributed by atoms with van der Waals surface area (Å²) in [4.78, 5) is 12.4. The van der Waals surface area contributed by atoms with E-state index >= 15 is 0 Å². The number of hydrogen-bond donors (Lipinski definition) is 12. The van der Waals surface area contributed by atoms with Gasteiger partial charge in [-0.15, -0.1) is 0 Å². The molecule has 0 amide bonds. The first-order valence-corrected chi connectivity index (χ1v) is 16.6. The molecule has 0 radical (unpaired) electrons. The van der Waals surface area contributed by atoms with Crippen molar-refractivity contribution in [1.82, 2.24) is 0 Å². The Bertz CT molecular complexity index is 1890. The summed E-state index contributed by atoms with van der Waals surface area (Å²) in [6.07, 6.45) is -15.2. The number of rotatable bonds is 10. The first-order chi connectivity index (χ1) is 26.1. The Morgan fingerprint density at radius 1 is 0.709 bits per heavy atom. The van der Waals surface area contributed by atoms with Gasteiger partial charge >= 0.3 is 5.97 Å². The van der Waals surface area contributed by atoms with Gasteiger partial charge in [0, 0.05) is 23.8 Å². The van der Waals surface area contributed by atoms with Crippen molar-refractivity contribution in [2.45, 2.75) is 67.5 Å². The van der Waals surface area contributed by atoms with Crippen molar-refractivity contribution in [2.24, 2.45) is 0 Å². The number of carbonyl (C=O) groups is 1. The predicted molar refractivity (Wildman–Crippen MR) is 181 cm³/mol. The van der Waals surface area contributed by atoms with Crippen LogP contribution in [0.4, 0.5) is 0 Å². The van der Waals surface area contributed by atoms with Gasteiger partial charge in [0.1, 0.15) is 84.2 Å². The van der Waals surface area contributed by atoms with E-state index in [1.165, 1.54) is 24.3 Å². The minimum atomic E-state index is -1.91. The molecule has 2 fully saturated rings. The molecule has 3 aromatic rings. The number of esters is 1. The topological polar surface area (TPSA) is 315 Å². The average Bonchev–Trinajstić information content (AvgIpc) is 3.16. The van der Waals surface area contributed by atoms with Crippen molar-refractivity contribution in [2.75, 3.05) is 13.2 Å². The Kier molecular flexibility index (Phi) is 11.6. The third kappa shape index (κ3) is 8.34. The standard InChI is InChI=1S/C36H38O19/c37-12-24-28(44)30(46)32(48)36(54-24)53-23-11-18-21(51-34(23)15-7-19(40)27(43)20(41)8-15)9-17(39)10-22(18)52-35-33(49)31(47)29(45)25(55-35)13-50-26(42)6-3-14-1-4-16(38)5-2-14/h1-11,24-25,28-41,43-49H,12-13H2. The smallest absolute Gasteiger partial charge is 0.330 e. The van der Waals surface area contributed by atoms with Crippen LogP contribution in [0.3, 0.4) is 0 Å². The van der Waals surface area contributed by atoms with Crippen LogP contribution in [0, 0.1) is 0 Å². The lowest BCUT2D eigenvalue weighted by Crippen LogP contribution is -2.60. The number of hydrogen-bond acceptors (Lipinski definition) is 19. The average molecular weight is 775 g/mol. The Morgan fingerprint density at radius 3 is 1.95 bits per heavy atom. The molecule has 3 heterocycles. The van der Waals surface area contributed by atoms with Crippen LogP contribution in [-0.2, 0) is 23.7 Å². The fourth-order valence-electron chi connectivity index (χ4n) is 5.97. The molecule has 2 saturated heterocycles. The van der Waals surface area contributed by atoms with Crippen molar-refractivity contribution in [3.63, 3.8) is 0 Å². The van der Waals surface area contributed by atoms with E-state index in [0.29, 0.717) is 5.56 Å². The molecule has 19 nitrogen and oxygen atoms in total. The number of benzene rings is 3. The summed E-state index contributed by atoms with van der Waals surface area (Å²) in [6.45, 7) is -1.40. The summed E-state index contributed by atoms with van der Waals surface area (Å²) in [6, 6.07) is 10.1. The van der Waals surface area contributed by atoms with Crippen molar-refractivity contribution in [3.05, 3.63) is 77.1 Å². The van der Waals surface area contributed by atoms with Gasteiger partial charge < -0.3 is 89.7 Å². The second kappa shape index (κ2) is 16.2. The highest BCUT2D eigenvalue weighted by molar-refractivity contribution is 5.87. The maximum atomic E-state index is 12.4. The molecular formula is C36H38O19. The van der Waals surface area contributed by atoms with Gasteiger partial charge in [-0.2, -0.15) is 0 Å². The van der Waals surface area contributed by atoms with Crippen LogP contribution in [0.1, 0.15) is 22.8 Å². The zero-order chi connectivity index (χ0) is 39.7. The number of phenolic OH excluding ortho intramolecular Hbond substituents is 5. The predicted octanol–water partition coefficient (Wildman–Crippen LogP) is -1.05. The summed E-state index contributed by atoms with van der Waals surface area (Å²) < 4.78 is 34.2. The third-order valence-electron chi connectivity index (χ3n) is 8.98. The van der Waals surface area contributed by atoms with Crippen LogP contribution in [-0.4, -0.2) is 142 Å². The second-order valence-corrected chi connectivity index (χ2v) is 12.8. The number of carbonyl (C=O) groups excluding carboxylic acids is 1. The molecule has 11 unspecified atom stereocenters. The van der Waals surface area contributed by atoms with Crippen molar-refractivity contribution < 1.29 is 94.5 Å². The monoisotopic (exact) mass is 774 g/mol. The minimum Gasteiger partial charge on any atom is -0.508 e. The van der Waals surface area contributed by atoms with Gasteiger partial charge in [0.2, 0.25) is 12.6 Å². The molecule has 3 aliphatic rings. The van der Waals surface area contributed by atoms with Gasteiger partial charge in [0.15, 0.2) is 23.4 Å². The van der Waals surface area contributed by atoms with E-state index < -0.39 is 110 Å². The molecule has 19 heteroatoms. The van der Waals surface area contributed by atoms with E-state index in [9.17, 15) is 66.1 Å². The van der Waals surface area contributed by atoms with Crippen LogP contribution >= 0.6 is 0 Å². The van der Waals surface area contributed by atoms with E-state index in [1.807, 2.05) is 0 Å². The Morgan fingerprint density at radius 2 is 1.31 bits per heavy atom. The van der Waals surface area contributed by atoms with Gasteiger partial charge in [0.25, 0.3) is 0 Å². The number of phenols is 5. The molecule has 3 aliphatic heterocycles. The van der Waals surface area contributed by atoms with Gasteiger partial charge in [-0.3, -0.25) is 0 Å². The second-order valence-electron chi connectivity index (χ2n) is 12.8. The first-order valence-electron chi connectivity index (χ1n) is 16.6. The van der Waals surface area contributed by atoms with Crippen molar-refractivity contribution >= 4 is 18.1 Å². The van der Waals surface area contributed by atoms with Crippen LogP contribution in [0.25, 0.3) is 12.2 Å². The van der Waals surface area contributed by atoms with Crippen molar-refractivity contribution in [1.29, 1.82) is 0 Å². The van der Waals surface area contributed by atoms with E-state index in [2.05, 4.69) is 0 Å². The Hall–Kier alpha value is -5.35. The van der Waals surface area contributed by atoms with Crippen LogP contribution in [0.5, 0.6) is 40.2 Å². The molecule has 3 aromatic carbocycles. The van der Waals surface area contributed by atoms with Crippen LogP contribution in [0.15, 0.2) is 60.4 Å². The molecular weight excluding hydrogens is 736 g/mol. The summed E-state index contributed by atoms with van der Waals surface area (Å²) in [5.41, 5.74) is 0.466. The lowest BCUT2D eigenvalue weighted by molar-refractivity contribution is -0.293. The molecule has 0 aliphatic carbocycles. The molecule has 55 heavy (non-hydrogen) atoms. The molecule has 0 spiro atoms. The van der Waals surface area contributed by atoms with Crippen molar-refractivity contribution in [3.8, 4) is 40.2 Å². The number of aliphatic hydroxyl groups is 7. The number of aliphatic hydroxyl groups excluding tert-OH is 7. The van der Waals surface area contributed by atoms with E-state index in [1.54, 1.807) is 12.1 Å². The maximum Gasteiger partial charge on any atom is 0.330 e. The highest BCUT2D eigenvalue weighted by atomic mass is 16.7. The first kappa shape index (κ1) is 39.3. The quantitative estimate of drug-likeness (QED) is 0.0664. The number of ether oxygens (including phenoxy) is 6. The summed E-state index contributed by atoms with van der Waals surface area (Å²) in [5.74, 6) is -4.42. The zero-order valence-corrected chi connectivity index (χ0v) is 28.3. The molecule has 11 atom stereocenters. The SMILES string of the molecule is O=C(C=Cc1ccc(O)cc1)OCC1OC(Oc2cc(O)cc3c2C=C(OC2OC(CO)C(O)C(O)C2O)C(c2cc(O)c(O)c(O)c2)O3)C(O)C(O)C1O. The molecule has 296 valence electrons. The van der Waals surface area contributed by atoms with E-state index in [-0.39, 0.29) is 34.1 Å². The highest BCUT2D eigenvalue weighted by Gasteiger charge is 2.47. The Labute approximate surface area is 310 Å². The molecule has 0 bridgehead atoms. The summed E-state index contributed by atoms with van der Waals surface area (Å²) in [7, 11) is 0.